The molecule has 4 rings (SSSR count). The van der Waals surface area contributed by atoms with Crippen LogP contribution in [0.25, 0.3) is 10.9 Å². The summed E-state index contributed by atoms with van der Waals surface area (Å²) >= 11 is 0. The van der Waals surface area contributed by atoms with Crippen molar-refractivity contribution in [1.29, 1.82) is 0 Å². The van der Waals surface area contributed by atoms with Crippen LogP contribution in [0.15, 0.2) is 85.1 Å². The number of rotatable bonds is 4. The van der Waals surface area contributed by atoms with Gasteiger partial charge in [-0.1, -0.05) is 72.3 Å². The third kappa shape index (κ3) is 2.87. The molecule has 4 aromatic rings. The summed E-state index contributed by atoms with van der Waals surface area (Å²) in [6, 6.07) is 26.0. The van der Waals surface area contributed by atoms with Crippen LogP contribution in [0, 0.1) is 6.92 Å². The van der Waals surface area contributed by atoms with Gasteiger partial charge in [-0.05, 0) is 30.2 Å². The summed E-state index contributed by atoms with van der Waals surface area (Å²) in [6.07, 6.45) is 1.97. The number of nitrogens with one attached hydrogen (secondary N) is 1. The molecule has 1 unspecified atom stereocenters. The standard InChI is InChI=1S/C23H19NO/c1-16-8-7-11-18(14-16)23(25)22(17-9-3-2-4-10-17)20-15-24-21-13-6-5-12-19(20)21/h2-15,22,24H,1H3. The van der Waals surface area contributed by atoms with Gasteiger partial charge in [-0.25, -0.2) is 0 Å². The van der Waals surface area contributed by atoms with Gasteiger partial charge in [0.25, 0.3) is 0 Å². The lowest BCUT2D eigenvalue weighted by molar-refractivity contribution is 0.0974. The largest absolute Gasteiger partial charge is 0.361 e. The van der Waals surface area contributed by atoms with Crippen LogP contribution < -0.4 is 0 Å². The van der Waals surface area contributed by atoms with Gasteiger partial charge in [-0.3, -0.25) is 4.79 Å². The zero-order chi connectivity index (χ0) is 17.2. The number of aryl methyl sites for hydroxylation is 1. The number of carbonyl (C=O) groups is 1. The van der Waals surface area contributed by atoms with E-state index in [4.69, 9.17) is 0 Å². The predicted molar refractivity (Wildman–Crippen MR) is 102 cm³/mol. The molecule has 25 heavy (non-hydrogen) atoms. The third-order valence-electron chi connectivity index (χ3n) is 4.63. The van der Waals surface area contributed by atoms with Gasteiger partial charge in [0.1, 0.15) is 0 Å². The van der Waals surface area contributed by atoms with Gasteiger partial charge >= 0.3 is 0 Å². The van der Waals surface area contributed by atoms with E-state index in [0.29, 0.717) is 0 Å². The Bertz CT molecular complexity index is 1030. The monoisotopic (exact) mass is 325 g/mol. The summed E-state index contributed by atoms with van der Waals surface area (Å²) in [4.78, 5) is 16.7. The molecule has 0 amide bonds. The first kappa shape index (κ1) is 15.4. The summed E-state index contributed by atoms with van der Waals surface area (Å²) in [7, 11) is 0. The molecule has 0 spiro atoms. The van der Waals surface area contributed by atoms with Crippen LogP contribution >= 0.6 is 0 Å². The maximum Gasteiger partial charge on any atom is 0.174 e. The lowest BCUT2D eigenvalue weighted by atomic mass is 9.84. The molecule has 0 bridgehead atoms. The molecule has 2 nitrogen and oxygen atoms in total. The Hall–Kier alpha value is -3.13. The molecule has 0 aliphatic rings. The lowest BCUT2D eigenvalue weighted by Crippen LogP contribution is -2.14. The maximum absolute atomic E-state index is 13.4. The summed E-state index contributed by atoms with van der Waals surface area (Å²) in [5.74, 6) is -0.196. The van der Waals surface area contributed by atoms with E-state index in [1.807, 2.05) is 85.9 Å². The number of aromatic nitrogens is 1. The highest BCUT2D eigenvalue weighted by Gasteiger charge is 2.26. The van der Waals surface area contributed by atoms with Gasteiger partial charge in [0.2, 0.25) is 0 Å². The number of fused-ring (bicyclic) bond motifs is 1. The molecule has 3 aromatic carbocycles. The number of ketones is 1. The SMILES string of the molecule is Cc1cccc(C(=O)C(c2ccccc2)c2c[nH]c3ccccc23)c1. The Morgan fingerprint density at radius 3 is 2.44 bits per heavy atom. The second kappa shape index (κ2) is 6.40. The third-order valence-corrected chi connectivity index (χ3v) is 4.63. The summed E-state index contributed by atoms with van der Waals surface area (Å²) in [6.45, 7) is 2.01. The molecule has 1 heterocycles. The van der Waals surface area contributed by atoms with Gasteiger partial charge in [-0.15, -0.1) is 0 Å². The number of carbonyl (C=O) groups excluding carboxylic acids is 1. The molecule has 0 saturated carbocycles. The average molecular weight is 325 g/mol. The molecule has 1 aromatic heterocycles. The van der Waals surface area contributed by atoms with Gasteiger partial charge in [-0.2, -0.15) is 0 Å². The fourth-order valence-electron chi connectivity index (χ4n) is 3.42. The van der Waals surface area contributed by atoms with Crippen LogP contribution in [0.4, 0.5) is 0 Å². The molecule has 1 atom stereocenters. The van der Waals surface area contributed by atoms with Crippen LogP contribution in [0.1, 0.15) is 33.0 Å². The molecule has 2 heteroatoms. The van der Waals surface area contributed by atoms with Crippen molar-refractivity contribution in [3.8, 4) is 0 Å². The van der Waals surface area contributed by atoms with E-state index < -0.39 is 0 Å². The van der Waals surface area contributed by atoms with Crippen molar-refractivity contribution in [3.05, 3.63) is 107 Å². The van der Waals surface area contributed by atoms with Crippen molar-refractivity contribution in [2.24, 2.45) is 0 Å². The molecule has 0 aliphatic carbocycles. The summed E-state index contributed by atoms with van der Waals surface area (Å²) in [5.41, 5.74) is 4.93. The van der Waals surface area contributed by atoms with Crippen molar-refractivity contribution in [1.82, 2.24) is 4.98 Å². The normalized spacial score (nSPS) is 12.2. The molecule has 0 fully saturated rings. The van der Waals surface area contributed by atoms with E-state index in [-0.39, 0.29) is 11.7 Å². The Kier molecular flexibility index (Phi) is 3.95. The van der Waals surface area contributed by atoms with E-state index >= 15 is 0 Å². The Morgan fingerprint density at radius 2 is 1.64 bits per heavy atom. The molecule has 0 saturated heterocycles. The van der Waals surface area contributed by atoms with Crippen LogP contribution in [-0.2, 0) is 0 Å². The van der Waals surface area contributed by atoms with Crippen molar-refractivity contribution < 1.29 is 4.79 Å². The van der Waals surface area contributed by atoms with Crippen LogP contribution in [0.3, 0.4) is 0 Å². The first-order valence-corrected chi connectivity index (χ1v) is 8.46. The Balaban J connectivity index is 1.90. The highest BCUT2D eigenvalue weighted by Crippen LogP contribution is 2.33. The average Bonchev–Trinajstić information content (AvgIpc) is 3.07. The smallest absolute Gasteiger partial charge is 0.174 e. The fraction of sp³-hybridized carbons (Fsp3) is 0.0870. The minimum Gasteiger partial charge on any atom is -0.361 e. The fourth-order valence-corrected chi connectivity index (χ4v) is 3.42. The Morgan fingerprint density at radius 1 is 0.880 bits per heavy atom. The Labute approximate surface area is 147 Å². The highest BCUT2D eigenvalue weighted by atomic mass is 16.1. The summed E-state index contributed by atoms with van der Waals surface area (Å²) in [5, 5.41) is 1.09. The van der Waals surface area contributed by atoms with Crippen molar-refractivity contribution in [3.63, 3.8) is 0 Å². The second-order valence-electron chi connectivity index (χ2n) is 6.37. The number of aromatic amines is 1. The number of hydrogen-bond acceptors (Lipinski definition) is 1. The van der Waals surface area contributed by atoms with Gasteiger partial charge < -0.3 is 4.98 Å². The quantitative estimate of drug-likeness (QED) is 0.494. The number of hydrogen-bond donors (Lipinski definition) is 1. The zero-order valence-corrected chi connectivity index (χ0v) is 14.1. The van der Waals surface area contributed by atoms with E-state index in [2.05, 4.69) is 11.1 Å². The van der Waals surface area contributed by atoms with Crippen LogP contribution in [0.2, 0.25) is 0 Å². The minimum absolute atomic E-state index is 0.125. The van der Waals surface area contributed by atoms with E-state index in [1.54, 1.807) is 0 Å². The van der Waals surface area contributed by atoms with Crippen molar-refractivity contribution in [2.75, 3.05) is 0 Å². The predicted octanol–water partition coefficient (Wildman–Crippen LogP) is 5.49. The first-order chi connectivity index (χ1) is 12.2. The number of para-hydroxylation sites is 1. The second-order valence-corrected chi connectivity index (χ2v) is 6.37. The molecular weight excluding hydrogens is 306 g/mol. The van der Waals surface area contributed by atoms with Gasteiger partial charge in [0.05, 0.1) is 5.92 Å². The van der Waals surface area contributed by atoms with E-state index in [9.17, 15) is 4.79 Å². The molecule has 0 aliphatic heterocycles. The highest BCUT2D eigenvalue weighted by molar-refractivity contribution is 6.05. The summed E-state index contributed by atoms with van der Waals surface area (Å²) < 4.78 is 0. The number of benzene rings is 3. The molecule has 122 valence electrons. The van der Waals surface area contributed by atoms with Crippen molar-refractivity contribution in [2.45, 2.75) is 12.8 Å². The first-order valence-electron chi connectivity index (χ1n) is 8.46. The van der Waals surface area contributed by atoms with Gasteiger partial charge in [0.15, 0.2) is 5.78 Å². The van der Waals surface area contributed by atoms with E-state index in [1.165, 1.54) is 0 Å². The zero-order valence-electron chi connectivity index (χ0n) is 14.1. The van der Waals surface area contributed by atoms with Crippen LogP contribution in [0.5, 0.6) is 0 Å². The minimum atomic E-state index is -0.320. The maximum atomic E-state index is 13.4. The number of Topliss-reactive ketones (excluding diaryl/α,β-unsaturated/α-hetero) is 1. The molecular formula is C23H19NO. The number of H-pyrrole nitrogens is 1. The van der Waals surface area contributed by atoms with E-state index in [0.717, 1.165) is 33.2 Å². The lowest BCUT2D eigenvalue weighted by Gasteiger charge is -2.16. The topological polar surface area (TPSA) is 32.9 Å². The van der Waals surface area contributed by atoms with Crippen molar-refractivity contribution >= 4 is 16.7 Å². The molecule has 0 radical (unpaired) electrons. The molecule has 1 N–H and O–H groups in total. The van der Waals surface area contributed by atoms with Crippen LogP contribution in [-0.4, -0.2) is 10.8 Å². The van der Waals surface area contributed by atoms with Gasteiger partial charge in [0, 0.05) is 22.7 Å².